The lowest BCUT2D eigenvalue weighted by Gasteiger charge is -2.04. The van der Waals surface area contributed by atoms with Crippen LogP contribution in [-0.2, 0) is 15.9 Å². The minimum Gasteiger partial charge on any atom is -0.497 e. The van der Waals surface area contributed by atoms with Crippen molar-refractivity contribution in [2.45, 2.75) is 6.42 Å². The smallest absolute Gasteiger partial charge is 0.146 e. The molecule has 0 aliphatic heterocycles. The van der Waals surface area contributed by atoms with Gasteiger partial charge in [-0.1, -0.05) is 12.1 Å². The van der Waals surface area contributed by atoms with Crippen LogP contribution in [0.15, 0.2) is 24.3 Å². The van der Waals surface area contributed by atoms with E-state index in [1.54, 1.807) is 14.2 Å². The minimum atomic E-state index is 0.357. The van der Waals surface area contributed by atoms with Crippen molar-refractivity contribution in [3.05, 3.63) is 29.8 Å². The molecule has 0 saturated heterocycles. The maximum absolute atomic E-state index is 5.19. The molecule has 0 aliphatic carbocycles. The fourth-order valence-corrected chi connectivity index (χ4v) is 1.12. The molecule has 1 aromatic rings. The zero-order chi connectivity index (χ0) is 10.2. The van der Waals surface area contributed by atoms with Gasteiger partial charge in [-0.25, -0.2) is 0 Å². The molecule has 0 bridgehead atoms. The van der Waals surface area contributed by atoms with Crippen LogP contribution < -0.4 is 4.74 Å². The molecule has 0 spiro atoms. The first kappa shape index (κ1) is 11.0. The van der Waals surface area contributed by atoms with Crippen molar-refractivity contribution in [2.75, 3.05) is 27.6 Å². The van der Waals surface area contributed by atoms with Crippen molar-refractivity contribution in [2.24, 2.45) is 0 Å². The van der Waals surface area contributed by atoms with Crippen LogP contribution in [-0.4, -0.2) is 27.6 Å². The van der Waals surface area contributed by atoms with Crippen molar-refractivity contribution < 1.29 is 14.2 Å². The summed E-state index contributed by atoms with van der Waals surface area (Å²) in [4.78, 5) is 0. The van der Waals surface area contributed by atoms with Gasteiger partial charge in [0.05, 0.1) is 13.7 Å². The molecule has 14 heavy (non-hydrogen) atoms. The maximum Gasteiger partial charge on any atom is 0.146 e. The zero-order valence-corrected chi connectivity index (χ0v) is 8.66. The number of ether oxygens (including phenoxy) is 3. The van der Waals surface area contributed by atoms with Crippen LogP contribution in [0.3, 0.4) is 0 Å². The molecule has 0 atom stereocenters. The Bertz CT molecular complexity index is 243. The highest BCUT2D eigenvalue weighted by Gasteiger charge is 1.94. The van der Waals surface area contributed by atoms with Gasteiger partial charge in [0.2, 0.25) is 0 Å². The lowest BCUT2D eigenvalue weighted by Crippen LogP contribution is -2.01. The second-order valence-corrected chi connectivity index (χ2v) is 2.91. The Hall–Kier alpha value is -1.06. The van der Waals surface area contributed by atoms with Crippen LogP contribution in [0.25, 0.3) is 0 Å². The second kappa shape index (κ2) is 6.40. The third-order valence-corrected chi connectivity index (χ3v) is 1.90. The van der Waals surface area contributed by atoms with Crippen molar-refractivity contribution >= 4 is 0 Å². The quantitative estimate of drug-likeness (QED) is 0.513. The molecule has 0 saturated carbocycles. The number of hydrogen-bond acceptors (Lipinski definition) is 3. The van der Waals surface area contributed by atoms with Crippen molar-refractivity contribution in [1.29, 1.82) is 0 Å². The average Bonchev–Trinajstić information content (AvgIpc) is 2.25. The molecule has 0 N–H and O–H groups in total. The van der Waals surface area contributed by atoms with Crippen LogP contribution in [0, 0.1) is 0 Å². The summed E-state index contributed by atoms with van der Waals surface area (Å²) in [6, 6.07) is 7.97. The maximum atomic E-state index is 5.19. The highest BCUT2D eigenvalue weighted by molar-refractivity contribution is 5.27. The van der Waals surface area contributed by atoms with Crippen LogP contribution in [0.2, 0.25) is 0 Å². The van der Waals surface area contributed by atoms with Crippen LogP contribution in [0.1, 0.15) is 5.56 Å². The van der Waals surface area contributed by atoms with E-state index in [0.29, 0.717) is 13.4 Å². The first-order valence-electron chi connectivity index (χ1n) is 4.56. The predicted octanol–water partition coefficient (Wildman–Crippen LogP) is 1.86. The van der Waals surface area contributed by atoms with Crippen LogP contribution in [0.4, 0.5) is 0 Å². The molecule has 0 radical (unpaired) electrons. The van der Waals surface area contributed by atoms with E-state index in [9.17, 15) is 0 Å². The number of rotatable bonds is 6. The minimum absolute atomic E-state index is 0.357. The van der Waals surface area contributed by atoms with E-state index in [1.807, 2.05) is 24.3 Å². The van der Waals surface area contributed by atoms with E-state index < -0.39 is 0 Å². The van der Waals surface area contributed by atoms with E-state index in [0.717, 1.165) is 12.2 Å². The largest absolute Gasteiger partial charge is 0.497 e. The third-order valence-electron chi connectivity index (χ3n) is 1.90. The lowest BCUT2D eigenvalue weighted by molar-refractivity contribution is -0.0291. The second-order valence-electron chi connectivity index (χ2n) is 2.91. The SMILES string of the molecule is COCOCCc1ccc(OC)cc1. The molecular weight excluding hydrogens is 180 g/mol. The highest BCUT2D eigenvalue weighted by atomic mass is 16.7. The normalized spacial score (nSPS) is 10.1. The van der Waals surface area contributed by atoms with Gasteiger partial charge in [-0.05, 0) is 24.1 Å². The first-order chi connectivity index (χ1) is 6.86. The molecule has 0 aliphatic rings. The molecule has 0 fully saturated rings. The molecule has 3 heteroatoms. The summed E-state index contributed by atoms with van der Waals surface area (Å²) in [5, 5.41) is 0. The summed E-state index contributed by atoms with van der Waals surface area (Å²) < 4.78 is 15.0. The summed E-state index contributed by atoms with van der Waals surface area (Å²) in [6.45, 7) is 1.04. The number of benzene rings is 1. The van der Waals surface area contributed by atoms with Crippen LogP contribution in [0.5, 0.6) is 5.75 Å². The summed E-state index contributed by atoms with van der Waals surface area (Å²) in [7, 11) is 3.28. The summed E-state index contributed by atoms with van der Waals surface area (Å²) in [6.07, 6.45) is 0.896. The van der Waals surface area contributed by atoms with E-state index in [1.165, 1.54) is 5.56 Å². The van der Waals surface area contributed by atoms with Gasteiger partial charge in [-0.15, -0.1) is 0 Å². The molecule has 0 amide bonds. The Morgan fingerprint density at radius 3 is 2.36 bits per heavy atom. The van der Waals surface area contributed by atoms with Gasteiger partial charge in [0.15, 0.2) is 0 Å². The first-order valence-corrected chi connectivity index (χ1v) is 4.56. The van der Waals surface area contributed by atoms with Gasteiger partial charge in [-0.3, -0.25) is 0 Å². The molecule has 1 rings (SSSR count). The number of methoxy groups -OCH3 is 2. The molecule has 1 aromatic carbocycles. The van der Waals surface area contributed by atoms with Gasteiger partial charge < -0.3 is 14.2 Å². The monoisotopic (exact) mass is 196 g/mol. The topological polar surface area (TPSA) is 27.7 Å². The fraction of sp³-hybridized carbons (Fsp3) is 0.455. The van der Waals surface area contributed by atoms with Gasteiger partial charge in [0.1, 0.15) is 12.5 Å². The molecule has 78 valence electrons. The highest BCUT2D eigenvalue weighted by Crippen LogP contribution is 2.11. The van der Waals surface area contributed by atoms with Crippen LogP contribution >= 0.6 is 0 Å². The molecular formula is C11H16O3. The predicted molar refractivity (Wildman–Crippen MR) is 54.5 cm³/mol. The third kappa shape index (κ3) is 3.77. The van der Waals surface area contributed by atoms with Crippen molar-refractivity contribution in [3.63, 3.8) is 0 Å². The van der Waals surface area contributed by atoms with E-state index >= 15 is 0 Å². The van der Waals surface area contributed by atoms with E-state index in [4.69, 9.17) is 14.2 Å². The lowest BCUT2D eigenvalue weighted by atomic mass is 10.1. The van der Waals surface area contributed by atoms with E-state index in [2.05, 4.69) is 0 Å². The van der Waals surface area contributed by atoms with Crippen molar-refractivity contribution in [3.8, 4) is 5.75 Å². The Morgan fingerprint density at radius 1 is 1.07 bits per heavy atom. The molecule has 0 unspecified atom stereocenters. The standard InChI is InChI=1S/C11H16O3/c1-12-9-14-8-7-10-3-5-11(13-2)6-4-10/h3-6H,7-9H2,1-2H3. The molecule has 0 aromatic heterocycles. The van der Waals surface area contributed by atoms with Gasteiger partial charge in [-0.2, -0.15) is 0 Å². The Kier molecular flexibility index (Phi) is 5.04. The van der Waals surface area contributed by atoms with Gasteiger partial charge in [0, 0.05) is 7.11 Å². The zero-order valence-electron chi connectivity index (χ0n) is 8.66. The van der Waals surface area contributed by atoms with Crippen molar-refractivity contribution in [1.82, 2.24) is 0 Å². The molecule has 0 heterocycles. The average molecular weight is 196 g/mol. The fourth-order valence-electron chi connectivity index (χ4n) is 1.12. The summed E-state index contributed by atoms with van der Waals surface area (Å²) in [5.41, 5.74) is 1.24. The van der Waals surface area contributed by atoms with Gasteiger partial charge in [0.25, 0.3) is 0 Å². The molecule has 3 nitrogen and oxygen atoms in total. The Labute approximate surface area is 84.6 Å². The summed E-state index contributed by atoms with van der Waals surface area (Å²) >= 11 is 0. The van der Waals surface area contributed by atoms with E-state index in [-0.39, 0.29) is 0 Å². The Balaban J connectivity index is 2.29. The Morgan fingerprint density at radius 2 is 1.79 bits per heavy atom. The number of hydrogen-bond donors (Lipinski definition) is 0. The van der Waals surface area contributed by atoms with Gasteiger partial charge >= 0.3 is 0 Å². The summed E-state index contributed by atoms with van der Waals surface area (Å²) in [5.74, 6) is 0.881.